The molecule has 0 saturated carbocycles. The van der Waals surface area contributed by atoms with Crippen molar-refractivity contribution in [2.75, 3.05) is 27.2 Å². The summed E-state index contributed by atoms with van der Waals surface area (Å²) < 4.78 is 9.09. The van der Waals surface area contributed by atoms with Crippen LogP contribution in [0.3, 0.4) is 0 Å². The highest BCUT2D eigenvalue weighted by atomic mass is 32.1. The van der Waals surface area contributed by atoms with Crippen molar-refractivity contribution in [3.8, 4) is 5.75 Å². The fraction of sp³-hybridized carbons (Fsp3) is 0.545. The van der Waals surface area contributed by atoms with Gasteiger partial charge in [0, 0.05) is 50.1 Å². The molecule has 0 radical (unpaired) electrons. The largest absolute Gasteiger partial charge is 0.497 e. The molecular formula is C22H30N6O3S. The SMILES string of the molecule is COc1ccc(CNC(=O)CC[C@H]2CNC(=O)[C@@H]3[C@H](CCN3Cc3csnn3)N2C)cc1. The zero-order valence-electron chi connectivity index (χ0n) is 18.5. The zero-order valence-corrected chi connectivity index (χ0v) is 19.3. The van der Waals surface area contributed by atoms with E-state index in [0.717, 1.165) is 30.0 Å². The van der Waals surface area contributed by atoms with E-state index < -0.39 is 0 Å². The molecular weight excluding hydrogens is 428 g/mol. The standard InChI is InChI=1S/C22H30N6O3S/c1-27-17(5-8-20(29)23-11-15-3-6-18(31-2)7-4-15)12-24-22(30)21-19(27)9-10-28(21)13-16-14-32-26-25-16/h3-4,6-7,14,17,19,21H,5,8-13H2,1-2H3,(H,23,29)(H,24,30)/t17-,19-,21-/m0/s1. The third-order valence-electron chi connectivity index (χ3n) is 6.47. The Bertz CT molecular complexity index is 907. The zero-order chi connectivity index (χ0) is 22.5. The van der Waals surface area contributed by atoms with Crippen molar-refractivity contribution in [2.45, 2.75) is 50.5 Å². The number of nitrogens with one attached hydrogen (secondary N) is 2. The van der Waals surface area contributed by atoms with Gasteiger partial charge in [0.15, 0.2) is 0 Å². The number of likely N-dealkylation sites (N-methyl/N-ethyl adjacent to an activating group) is 1. The number of methoxy groups -OCH3 is 1. The van der Waals surface area contributed by atoms with Crippen molar-refractivity contribution in [1.29, 1.82) is 0 Å². The van der Waals surface area contributed by atoms with Gasteiger partial charge in [-0.25, -0.2) is 0 Å². The maximum Gasteiger partial charge on any atom is 0.239 e. The van der Waals surface area contributed by atoms with E-state index in [9.17, 15) is 9.59 Å². The van der Waals surface area contributed by atoms with Gasteiger partial charge in [0.25, 0.3) is 0 Å². The average Bonchev–Trinajstić information content (AvgIpc) is 3.45. The first-order valence-electron chi connectivity index (χ1n) is 10.9. The Kier molecular flexibility index (Phi) is 7.33. The van der Waals surface area contributed by atoms with Crippen LogP contribution in [0.4, 0.5) is 0 Å². The van der Waals surface area contributed by atoms with Crippen molar-refractivity contribution in [1.82, 2.24) is 30.0 Å². The summed E-state index contributed by atoms with van der Waals surface area (Å²) >= 11 is 1.33. The number of benzene rings is 1. The van der Waals surface area contributed by atoms with Gasteiger partial charge in [0.05, 0.1) is 12.8 Å². The molecule has 0 bridgehead atoms. The molecule has 2 amide bonds. The number of hydrogen-bond donors (Lipinski definition) is 2. The molecule has 3 heterocycles. The van der Waals surface area contributed by atoms with Crippen LogP contribution in [0.25, 0.3) is 0 Å². The van der Waals surface area contributed by atoms with Gasteiger partial charge in [0.2, 0.25) is 11.8 Å². The highest BCUT2D eigenvalue weighted by molar-refractivity contribution is 7.03. The molecule has 9 nitrogen and oxygen atoms in total. The molecule has 2 saturated heterocycles. The van der Waals surface area contributed by atoms with Crippen LogP contribution in [0, 0.1) is 0 Å². The Morgan fingerprint density at radius 2 is 2.16 bits per heavy atom. The number of amides is 2. The minimum absolute atomic E-state index is 0.0189. The fourth-order valence-electron chi connectivity index (χ4n) is 4.62. The summed E-state index contributed by atoms with van der Waals surface area (Å²) in [5, 5.41) is 12.1. The Balaban J connectivity index is 1.29. The molecule has 0 spiro atoms. The maximum absolute atomic E-state index is 12.9. The number of carbonyl (C=O) groups excluding carboxylic acids is 2. The van der Waals surface area contributed by atoms with Crippen LogP contribution in [0.15, 0.2) is 29.6 Å². The summed E-state index contributed by atoms with van der Waals surface area (Å²) in [5.41, 5.74) is 1.93. The molecule has 2 N–H and O–H groups in total. The normalized spacial score (nSPS) is 23.9. The van der Waals surface area contributed by atoms with Gasteiger partial charge < -0.3 is 15.4 Å². The molecule has 2 aliphatic rings. The lowest BCUT2D eigenvalue weighted by atomic mass is 10.0. The quantitative estimate of drug-likeness (QED) is 0.609. The topological polar surface area (TPSA) is 99.7 Å². The molecule has 0 aliphatic carbocycles. The van der Waals surface area contributed by atoms with Crippen LogP contribution in [0.5, 0.6) is 5.75 Å². The van der Waals surface area contributed by atoms with Crippen LogP contribution in [0.2, 0.25) is 0 Å². The number of fused-ring (bicyclic) bond motifs is 1. The number of hydrogen-bond acceptors (Lipinski definition) is 8. The highest BCUT2D eigenvalue weighted by Gasteiger charge is 2.45. The van der Waals surface area contributed by atoms with Crippen LogP contribution in [0.1, 0.15) is 30.5 Å². The van der Waals surface area contributed by atoms with Crippen LogP contribution < -0.4 is 15.4 Å². The summed E-state index contributed by atoms with van der Waals surface area (Å²) in [6.45, 7) is 2.53. The molecule has 4 rings (SSSR count). The first kappa shape index (κ1) is 22.6. The Labute approximate surface area is 192 Å². The van der Waals surface area contributed by atoms with E-state index in [0.29, 0.717) is 32.5 Å². The first-order valence-corrected chi connectivity index (χ1v) is 11.8. The maximum atomic E-state index is 12.9. The third-order valence-corrected chi connectivity index (χ3v) is 7.03. The summed E-state index contributed by atoms with van der Waals surface area (Å²) in [5.74, 6) is 0.880. The van der Waals surface area contributed by atoms with E-state index in [2.05, 4.69) is 37.1 Å². The number of likely N-dealkylation sites (tertiary alicyclic amines) is 1. The number of ether oxygens (including phenoxy) is 1. The van der Waals surface area contributed by atoms with Gasteiger partial charge >= 0.3 is 0 Å². The Morgan fingerprint density at radius 3 is 2.88 bits per heavy atom. The lowest BCUT2D eigenvalue weighted by Crippen LogP contribution is -2.49. The molecule has 10 heteroatoms. The second kappa shape index (κ2) is 10.4. The Hall–Kier alpha value is -2.56. The predicted molar refractivity (Wildman–Crippen MR) is 121 cm³/mol. The molecule has 1 aromatic heterocycles. The minimum atomic E-state index is -0.199. The summed E-state index contributed by atoms with van der Waals surface area (Å²) in [6, 6.07) is 7.73. The van der Waals surface area contributed by atoms with E-state index >= 15 is 0 Å². The van der Waals surface area contributed by atoms with E-state index in [-0.39, 0.29) is 29.9 Å². The second-order valence-electron chi connectivity index (χ2n) is 8.40. The number of aromatic nitrogens is 2. The van der Waals surface area contributed by atoms with Crippen molar-refractivity contribution in [2.24, 2.45) is 0 Å². The summed E-state index contributed by atoms with van der Waals surface area (Å²) in [4.78, 5) is 29.8. The second-order valence-corrected chi connectivity index (χ2v) is 9.01. The average molecular weight is 459 g/mol. The molecule has 2 aliphatic heterocycles. The summed E-state index contributed by atoms with van der Waals surface area (Å²) in [6.07, 6.45) is 2.05. The van der Waals surface area contributed by atoms with Gasteiger partial charge in [-0.1, -0.05) is 16.6 Å². The van der Waals surface area contributed by atoms with Crippen molar-refractivity contribution in [3.05, 3.63) is 40.9 Å². The molecule has 3 atom stereocenters. The van der Waals surface area contributed by atoms with E-state index in [1.165, 1.54) is 11.5 Å². The van der Waals surface area contributed by atoms with Crippen LogP contribution >= 0.6 is 11.5 Å². The molecule has 172 valence electrons. The lowest BCUT2D eigenvalue weighted by molar-refractivity contribution is -0.126. The predicted octanol–water partition coefficient (Wildman–Crippen LogP) is 1.02. The van der Waals surface area contributed by atoms with E-state index in [1.807, 2.05) is 29.6 Å². The van der Waals surface area contributed by atoms with Crippen molar-refractivity contribution >= 4 is 23.3 Å². The van der Waals surface area contributed by atoms with E-state index in [1.54, 1.807) is 7.11 Å². The smallest absolute Gasteiger partial charge is 0.239 e. The van der Waals surface area contributed by atoms with Gasteiger partial charge in [0.1, 0.15) is 11.8 Å². The lowest BCUT2D eigenvalue weighted by Gasteiger charge is -2.33. The van der Waals surface area contributed by atoms with Gasteiger partial charge in [-0.15, -0.1) is 5.10 Å². The number of rotatable bonds is 8. The molecule has 0 unspecified atom stereocenters. The minimum Gasteiger partial charge on any atom is -0.497 e. The monoisotopic (exact) mass is 458 g/mol. The third kappa shape index (κ3) is 5.25. The fourth-order valence-corrected chi connectivity index (χ4v) is 5.06. The van der Waals surface area contributed by atoms with Gasteiger partial charge in [-0.3, -0.25) is 19.4 Å². The van der Waals surface area contributed by atoms with Crippen molar-refractivity contribution < 1.29 is 14.3 Å². The molecule has 2 fully saturated rings. The molecule has 32 heavy (non-hydrogen) atoms. The van der Waals surface area contributed by atoms with Crippen LogP contribution in [-0.2, 0) is 22.7 Å². The van der Waals surface area contributed by atoms with Crippen LogP contribution in [-0.4, -0.2) is 76.6 Å². The first-order chi connectivity index (χ1) is 15.5. The Morgan fingerprint density at radius 1 is 1.34 bits per heavy atom. The highest BCUT2D eigenvalue weighted by Crippen LogP contribution is 2.28. The molecule has 1 aromatic carbocycles. The van der Waals surface area contributed by atoms with Gasteiger partial charge in [-0.05, 0) is 49.1 Å². The molecule has 2 aromatic rings. The van der Waals surface area contributed by atoms with E-state index in [4.69, 9.17) is 4.74 Å². The van der Waals surface area contributed by atoms with Crippen molar-refractivity contribution in [3.63, 3.8) is 0 Å². The van der Waals surface area contributed by atoms with Gasteiger partial charge in [-0.2, -0.15) is 0 Å². The number of nitrogens with zero attached hydrogens (tertiary/aromatic N) is 4. The number of carbonyl (C=O) groups is 2. The summed E-state index contributed by atoms with van der Waals surface area (Å²) in [7, 11) is 3.71.